The molecule has 13 heteroatoms. The zero-order valence-electron chi connectivity index (χ0n) is 19.4. The molecule has 0 spiro atoms. The van der Waals surface area contributed by atoms with Gasteiger partial charge in [0.1, 0.15) is 24.2 Å². The van der Waals surface area contributed by atoms with Gasteiger partial charge in [-0.1, -0.05) is 13.0 Å². The number of aliphatic hydroxyl groups excluding tert-OH is 2. The molecule has 4 rings (SSSR count). The van der Waals surface area contributed by atoms with E-state index < -0.39 is 43.0 Å². The Labute approximate surface area is 204 Å². The van der Waals surface area contributed by atoms with Crippen molar-refractivity contribution >= 4 is 29.1 Å². The number of Topliss-reactive ketones (excluding diaryl/α,β-unsaturated/α-hetero) is 1. The molecule has 2 aliphatic rings. The number of hydrogen-bond donors (Lipinski definition) is 3. The molecule has 0 aliphatic carbocycles. The largest absolute Gasteiger partial charge is 0.475 e. The molecule has 2 aromatic rings. The minimum Gasteiger partial charge on any atom is -0.475 e. The van der Waals surface area contributed by atoms with Crippen LogP contribution in [0.3, 0.4) is 0 Å². The molecule has 2 aromatic heterocycles. The van der Waals surface area contributed by atoms with Crippen LogP contribution in [0.2, 0.25) is 0 Å². The van der Waals surface area contributed by atoms with Crippen LogP contribution in [0.1, 0.15) is 30.3 Å². The summed E-state index contributed by atoms with van der Waals surface area (Å²) < 4.78 is 44.1. The van der Waals surface area contributed by atoms with Gasteiger partial charge in [-0.2, -0.15) is 18.2 Å². The van der Waals surface area contributed by atoms with Gasteiger partial charge in [-0.3, -0.25) is 15.0 Å². The van der Waals surface area contributed by atoms with Crippen LogP contribution in [0.5, 0.6) is 5.88 Å². The first-order valence-corrected chi connectivity index (χ1v) is 11.4. The van der Waals surface area contributed by atoms with Crippen LogP contribution < -0.4 is 19.9 Å². The van der Waals surface area contributed by atoms with E-state index >= 15 is 0 Å². The Bertz CT molecular complexity index is 1130. The van der Waals surface area contributed by atoms with Crippen molar-refractivity contribution in [1.29, 1.82) is 0 Å². The summed E-state index contributed by atoms with van der Waals surface area (Å²) >= 11 is 0. The molecule has 194 valence electrons. The first-order chi connectivity index (χ1) is 17.1. The van der Waals surface area contributed by atoms with E-state index in [0.717, 1.165) is 6.92 Å². The molecule has 4 heterocycles. The van der Waals surface area contributed by atoms with Crippen molar-refractivity contribution < 1.29 is 37.7 Å². The molecule has 2 amide bonds. The normalized spacial score (nSPS) is 18.4. The quantitative estimate of drug-likeness (QED) is 0.464. The lowest BCUT2D eigenvalue weighted by Gasteiger charge is -2.35. The van der Waals surface area contributed by atoms with Gasteiger partial charge in [0.25, 0.3) is 0 Å². The Morgan fingerprint density at radius 3 is 2.75 bits per heavy atom. The predicted molar refractivity (Wildman–Crippen MR) is 123 cm³/mol. The van der Waals surface area contributed by atoms with Gasteiger partial charge in [-0.15, -0.1) is 0 Å². The van der Waals surface area contributed by atoms with Crippen molar-refractivity contribution in [2.45, 2.75) is 38.1 Å². The molecule has 3 N–H and O–H groups in total. The Kier molecular flexibility index (Phi) is 7.31. The zero-order chi connectivity index (χ0) is 26.0. The minimum absolute atomic E-state index is 0.121. The maximum Gasteiger partial charge on any atom is 0.391 e. The number of amides is 2. The molecule has 0 radical (unpaired) electrons. The fraction of sp³-hybridized carbons (Fsp3) is 0.478. The molecule has 10 nitrogen and oxygen atoms in total. The van der Waals surface area contributed by atoms with Gasteiger partial charge in [-0.25, -0.2) is 9.78 Å². The number of carbonyl (C=O) groups excluding carboxylic acids is 2. The number of ketones is 1. The SMILES string of the molecule is C[C@@H](CC(=O)c1ccc2c(n1)N(C(=O)Nc1cccc(OC[C@@H](O)CO)n1)[C@H]1CCN2C1)C(F)(F)F. The van der Waals surface area contributed by atoms with E-state index in [1.165, 1.54) is 23.1 Å². The number of carbonyl (C=O) groups is 2. The predicted octanol–water partition coefficient (Wildman–Crippen LogP) is 2.61. The highest BCUT2D eigenvalue weighted by atomic mass is 19.4. The second-order valence-corrected chi connectivity index (χ2v) is 8.81. The number of alkyl halides is 3. The number of aliphatic hydroxyl groups is 2. The highest BCUT2D eigenvalue weighted by molar-refractivity contribution is 6.05. The Morgan fingerprint density at radius 2 is 2.03 bits per heavy atom. The van der Waals surface area contributed by atoms with Gasteiger partial charge >= 0.3 is 12.2 Å². The molecular formula is C23H26F3N5O5. The summed E-state index contributed by atoms with van der Waals surface area (Å²) in [5, 5.41) is 21.0. The molecule has 2 bridgehead atoms. The minimum atomic E-state index is -4.50. The number of ether oxygens (including phenoxy) is 1. The van der Waals surface area contributed by atoms with E-state index in [2.05, 4.69) is 15.3 Å². The number of rotatable bonds is 8. The van der Waals surface area contributed by atoms with Crippen molar-refractivity contribution in [3.63, 3.8) is 0 Å². The van der Waals surface area contributed by atoms with Gasteiger partial charge in [0.15, 0.2) is 11.6 Å². The first kappa shape index (κ1) is 25.6. The maximum absolute atomic E-state index is 13.3. The van der Waals surface area contributed by atoms with Crippen molar-refractivity contribution in [3.8, 4) is 5.88 Å². The van der Waals surface area contributed by atoms with Crippen molar-refractivity contribution in [2.24, 2.45) is 5.92 Å². The molecule has 0 aromatic carbocycles. The smallest absolute Gasteiger partial charge is 0.391 e. The summed E-state index contributed by atoms with van der Waals surface area (Å²) in [6, 6.07) is 6.82. The van der Waals surface area contributed by atoms with E-state index in [1.54, 1.807) is 12.1 Å². The second-order valence-electron chi connectivity index (χ2n) is 8.81. The number of nitrogens with zero attached hydrogens (tertiary/aromatic N) is 4. The average Bonchev–Trinajstić information content (AvgIpc) is 3.25. The summed E-state index contributed by atoms with van der Waals surface area (Å²) in [7, 11) is 0. The van der Waals surface area contributed by atoms with Crippen LogP contribution in [0.25, 0.3) is 0 Å². The molecule has 0 unspecified atom stereocenters. The second kappa shape index (κ2) is 10.3. The van der Waals surface area contributed by atoms with Gasteiger partial charge in [0, 0.05) is 25.6 Å². The topological polar surface area (TPSA) is 128 Å². The van der Waals surface area contributed by atoms with Crippen molar-refractivity contribution in [3.05, 3.63) is 36.0 Å². The molecular weight excluding hydrogens is 483 g/mol. The van der Waals surface area contributed by atoms with Crippen LogP contribution >= 0.6 is 0 Å². The van der Waals surface area contributed by atoms with E-state index in [-0.39, 0.29) is 35.9 Å². The number of anilines is 3. The highest BCUT2D eigenvalue weighted by Gasteiger charge is 2.41. The Balaban J connectivity index is 1.55. The molecule has 2 aliphatic heterocycles. The van der Waals surface area contributed by atoms with Gasteiger partial charge in [0.05, 0.1) is 24.3 Å². The van der Waals surface area contributed by atoms with E-state index in [4.69, 9.17) is 9.84 Å². The Morgan fingerprint density at radius 1 is 1.25 bits per heavy atom. The highest BCUT2D eigenvalue weighted by Crippen LogP contribution is 2.39. The molecule has 1 fully saturated rings. The Hall–Kier alpha value is -3.45. The third-order valence-electron chi connectivity index (χ3n) is 6.10. The number of nitrogens with one attached hydrogen (secondary N) is 1. The van der Waals surface area contributed by atoms with Crippen molar-refractivity contribution in [2.75, 3.05) is 41.4 Å². The number of halogens is 3. The monoisotopic (exact) mass is 509 g/mol. The average molecular weight is 509 g/mol. The summed E-state index contributed by atoms with van der Waals surface area (Å²) in [4.78, 5) is 37.8. The van der Waals surface area contributed by atoms with Crippen LogP contribution in [0.15, 0.2) is 30.3 Å². The fourth-order valence-corrected chi connectivity index (χ4v) is 4.09. The van der Waals surface area contributed by atoms with E-state index in [1.807, 2.05) is 4.90 Å². The van der Waals surface area contributed by atoms with Gasteiger partial charge < -0.3 is 19.8 Å². The molecule has 36 heavy (non-hydrogen) atoms. The molecule has 0 saturated carbocycles. The lowest BCUT2D eigenvalue weighted by atomic mass is 10.0. The zero-order valence-corrected chi connectivity index (χ0v) is 19.4. The number of urea groups is 1. The lowest BCUT2D eigenvalue weighted by molar-refractivity contribution is -0.168. The van der Waals surface area contributed by atoms with E-state index in [0.29, 0.717) is 25.2 Å². The van der Waals surface area contributed by atoms with Crippen LogP contribution in [0, 0.1) is 5.92 Å². The number of pyridine rings is 2. The third-order valence-corrected chi connectivity index (χ3v) is 6.10. The van der Waals surface area contributed by atoms with E-state index in [9.17, 15) is 27.9 Å². The fourth-order valence-electron chi connectivity index (χ4n) is 4.09. The molecule has 1 saturated heterocycles. The standard InChI is InChI=1S/C23H26F3N5O5/c1-13(23(24,25)26)9-18(34)16-5-6-17-21(27-16)31(14-7-8-30(17)10-14)22(35)29-19-3-2-4-20(28-19)36-12-15(33)11-32/h2-6,13-15,32-33H,7-12H2,1H3,(H,28,29,35)/t13-,14-,15-/m0/s1. The number of hydrogen-bond acceptors (Lipinski definition) is 8. The van der Waals surface area contributed by atoms with Gasteiger partial charge in [-0.05, 0) is 24.6 Å². The van der Waals surface area contributed by atoms with Crippen molar-refractivity contribution in [1.82, 2.24) is 9.97 Å². The van der Waals surface area contributed by atoms with Crippen LogP contribution in [-0.4, -0.2) is 76.6 Å². The first-order valence-electron chi connectivity index (χ1n) is 11.4. The maximum atomic E-state index is 13.3. The third kappa shape index (κ3) is 5.51. The summed E-state index contributed by atoms with van der Waals surface area (Å²) in [6.45, 7) is 1.49. The summed E-state index contributed by atoms with van der Waals surface area (Å²) in [6.07, 6.45) is -5.67. The number of fused-ring (bicyclic) bond motifs is 4. The van der Waals surface area contributed by atoms with Crippen LogP contribution in [-0.2, 0) is 0 Å². The molecule has 3 atom stereocenters. The number of aromatic nitrogens is 2. The van der Waals surface area contributed by atoms with Gasteiger partial charge in [0.2, 0.25) is 5.88 Å². The summed E-state index contributed by atoms with van der Waals surface area (Å²) in [5.74, 6) is -2.10. The van der Waals surface area contributed by atoms with Crippen LogP contribution in [0.4, 0.5) is 35.3 Å². The lowest BCUT2D eigenvalue weighted by Crippen LogP contribution is -2.48. The summed E-state index contributed by atoms with van der Waals surface area (Å²) in [5.41, 5.74) is 0.475.